The minimum atomic E-state index is -0.372. The van der Waals surface area contributed by atoms with Gasteiger partial charge in [-0.25, -0.2) is 0 Å². The average Bonchev–Trinajstić information content (AvgIpc) is 2.97. The van der Waals surface area contributed by atoms with E-state index in [1.807, 2.05) is 33.0 Å². The van der Waals surface area contributed by atoms with Crippen molar-refractivity contribution in [3.63, 3.8) is 0 Å². The second-order valence-corrected chi connectivity index (χ2v) is 11.1. The number of carbonyl (C=O) groups is 1. The van der Waals surface area contributed by atoms with Crippen LogP contribution >= 0.6 is 0 Å². The van der Waals surface area contributed by atoms with Crippen LogP contribution in [0.2, 0.25) is 0 Å². The summed E-state index contributed by atoms with van der Waals surface area (Å²) in [5.41, 5.74) is 1.74. The molecule has 0 amide bonds. The smallest absolute Gasteiger partial charge is 0.155 e. The van der Waals surface area contributed by atoms with Gasteiger partial charge in [-0.15, -0.1) is 0 Å². The van der Waals surface area contributed by atoms with Gasteiger partial charge in [0.2, 0.25) is 0 Å². The number of likely N-dealkylation sites (tertiary alicyclic amines) is 1. The maximum Gasteiger partial charge on any atom is 0.155 e. The van der Waals surface area contributed by atoms with E-state index in [2.05, 4.69) is 57.8 Å². The minimum absolute atomic E-state index is 0.00466. The molecule has 1 saturated heterocycles. The minimum Gasteiger partial charge on any atom is -0.367 e. The van der Waals surface area contributed by atoms with Crippen molar-refractivity contribution in [2.45, 2.75) is 86.0 Å². The van der Waals surface area contributed by atoms with Crippen molar-refractivity contribution in [1.29, 1.82) is 0 Å². The van der Waals surface area contributed by atoms with E-state index in [-0.39, 0.29) is 40.4 Å². The van der Waals surface area contributed by atoms with Crippen molar-refractivity contribution in [3.05, 3.63) is 24.0 Å². The molecule has 4 nitrogen and oxygen atoms in total. The van der Waals surface area contributed by atoms with Gasteiger partial charge >= 0.3 is 0 Å². The number of aromatic nitrogens is 1. The molecule has 0 radical (unpaired) electrons. The Morgan fingerprint density at radius 3 is 2.19 bits per heavy atom. The van der Waals surface area contributed by atoms with Gasteiger partial charge in [0.25, 0.3) is 0 Å². The summed E-state index contributed by atoms with van der Waals surface area (Å²) < 4.78 is 0. The van der Waals surface area contributed by atoms with Crippen molar-refractivity contribution in [3.8, 4) is 0 Å². The molecule has 2 aliphatic rings. The van der Waals surface area contributed by atoms with Crippen molar-refractivity contribution < 1.29 is 4.79 Å². The molecule has 0 saturated carbocycles. The van der Waals surface area contributed by atoms with E-state index in [1.54, 1.807) is 0 Å². The first-order valence-corrected chi connectivity index (χ1v) is 9.79. The van der Waals surface area contributed by atoms with E-state index in [0.29, 0.717) is 5.78 Å². The summed E-state index contributed by atoms with van der Waals surface area (Å²) in [5.74, 6) is 0.768. The Labute approximate surface area is 158 Å². The zero-order valence-corrected chi connectivity index (χ0v) is 17.8. The van der Waals surface area contributed by atoms with Gasteiger partial charge in [0.15, 0.2) is 5.78 Å². The molecule has 0 aromatic carbocycles. The monoisotopic (exact) mass is 357 g/mol. The second-order valence-electron chi connectivity index (χ2n) is 11.1. The number of carbonyl (C=O) groups excluding carboxylic acids is 1. The lowest BCUT2D eigenvalue weighted by Gasteiger charge is -2.44. The Morgan fingerprint density at radius 1 is 1.08 bits per heavy atom. The highest BCUT2D eigenvalue weighted by Crippen LogP contribution is 2.57. The van der Waals surface area contributed by atoms with Gasteiger partial charge in [-0.2, -0.15) is 0 Å². The topological polar surface area (TPSA) is 45.2 Å². The summed E-state index contributed by atoms with van der Waals surface area (Å²) in [4.78, 5) is 20.8. The quantitative estimate of drug-likeness (QED) is 0.793. The normalized spacial score (nSPS) is 29.3. The summed E-state index contributed by atoms with van der Waals surface area (Å²) in [6.45, 7) is 19.6. The van der Waals surface area contributed by atoms with Crippen LogP contribution in [0.3, 0.4) is 0 Å². The molecule has 1 aromatic heterocycles. The molecule has 144 valence electrons. The first-order chi connectivity index (χ1) is 11.7. The number of Topliss-reactive ketones (excluding diaryl/α,β-unsaturated/α-hetero) is 1. The molecule has 0 spiro atoms. The van der Waals surface area contributed by atoms with E-state index < -0.39 is 0 Å². The fourth-order valence-electron chi connectivity index (χ4n) is 4.94. The Hall–Kier alpha value is -1.42. The van der Waals surface area contributed by atoms with Gasteiger partial charge in [0, 0.05) is 23.1 Å². The van der Waals surface area contributed by atoms with E-state index in [9.17, 15) is 4.79 Å². The number of fused-ring (bicyclic) bond motifs is 3. The molecule has 1 N–H and O–H groups in total. The third-order valence-corrected chi connectivity index (χ3v) is 5.91. The maximum absolute atomic E-state index is 13.6. The Balaban J connectivity index is 2.21. The summed E-state index contributed by atoms with van der Waals surface area (Å²) >= 11 is 0. The highest BCUT2D eigenvalue weighted by atomic mass is 16.1. The van der Waals surface area contributed by atoms with Crippen LogP contribution in [-0.4, -0.2) is 33.4 Å². The molecule has 3 rings (SSSR count). The van der Waals surface area contributed by atoms with Crippen LogP contribution in [0.25, 0.3) is 0 Å². The lowest BCUT2D eigenvalue weighted by molar-refractivity contribution is -0.136. The van der Waals surface area contributed by atoms with Gasteiger partial charge in [-0.1, -0.05) is 41.5 Å². The summed E-state index contributed by atoms with van der Waals surface area (Å²) in [7, 11) is 0. The predicted octanol–water partition coefficient (Wildman–Crippen LogP) is 4.68. The van der Waals surface area contributed by atoms with Gasteiger partial charge in [-0.05, 0) is 44.2 Å². The molecule has 0 aliphatic carbocycles. The van der Waals surface area contributed by atoms with Gasteiger partial charge < -0.3 is 5.32 Å². The average molecular weight is 358 g/mol. The fourth-order valence-corrected chi connectivity index (χ4v) is 4.94. The van der Waals surface area contributed by atoms with Crippen LogP contribution in [0.1, 0.15) is 73.9 Å². The molecule has 0 bridgehead atoms. The number of hydrogen-bond donors (Lipinski definition) is 1. The number of anilines is 1. The van der Waals surface area contributed by atoms with Crippen LogP contribution in [0.4, 0.5) is 5.69 Å². The van der Waals surface area contributed by atoms with Crippen molar-refractivity contribution in [1.82, 2.24) is 9.88 Å². The van der Waals surface area contributed by atoms with Crippen molar-refractivity contribution in [2.24, 2.45) is 16.7 Å². The summed E-state index contributed by atoms with van der Waals surface area (Å²) in [6.07, 6.45) is 1.99. The van der Waals surface area contributed by atoms with E-state index in [0.717, 1.165) is 11.4 Å². The van der Waals surface area contributed by atoms with Crippen molar-refractivity contribution in [2.75, 3.05) is 5.32 Å². The van der Waals surface area contributed by atoms with Gasteiger partial charge in [-0.3, -0.25) is 14.7 Å². The van der Waals surface area contributed by atoms with Crippen LogP contribution in [-0.2, 0) is 4.79 Å². The standard InChI is InChI=1S/C22H35N3O/c1-20(2,3)15-14-16-13(11-10-12-23-16)24-19(14)25(22(7,8)9)17(15)18(26)21(4,5)6/h10-12,14-15,17,19,24H,1-9H3. The first kappa shape index (κ1) is 19.3. The highest BCUT2D eigenvalue weighted by Gasteiger charge is 2.62. The molecular weight excluding hydrogens is 322 g/mol. The molecule has 2 aliphatic heterocycles. The van der Waals surface area contributed by atoms with Crippen LogP contribution in [0.5, 0.6) is 0 Å². The van der Waals surface area contributed by atoms with E-state index in [1.165, 1.54) is 0 Å². The lowest BCUT2D eigenvalue weighted by Crippen LogP contribution is -2.57. The maximum atomic E-state index is 13.6. The number of hydrogen-bond acceptors (Lipinski definition) is 4. The molecule has 1 fully saturated rings. The SMILES string of the molecule is CC(C)(C)C(=O)C1C(C(C)(C)C)C2c3ncccc3NC2N1C(C)(C)C. The van der Waals surface area contributed by atoms with Crippen LogP contribution < -0.4 is 5.32 Å². The molecule has 1 aromatic rings. The second kappa shape index (κ2) is 5.79. The third-order valence-electron chi connectivity index (χ3n) is 5.91. The Morgan fingerprint density at radius 2 is 1.69 bits per heavy atom. The highest BCUT2D eigenvalue weighted by molar-refractivity contribution is 5.90. The molecule has 3 heterocycles. The van der Waals surface area contributed by atoms with Crippen LogP contribution in [0, 0.1) is 16.7 Å². The molecule has 4 unspecified atom stereocenters. The summed E-state index contributed by atoms with van der Waals surface area (Å²) in [5, 5.41) is 3.70. The number of rotatable bonds is 1. The molecular formula is C22H35N3O. The third kappa shape index (κ3) is 2.96. The largest absolute Gasteiger partial charge is 0.367 e. The molecule has 4 heteroatoms. The van der Waals surface area contributed by atoms with E-state index >= 15 is 0 Å². The number of nitrogens with one attached hydrogen (secondary N) is 1. The molecule has 4 atom stereocenters. The van der Waals surface area contributed by atoms with Gasteiger partial charge in [0.05, 0.1) is 23.6 Å². The Bertz CT molecular complexity index is 705. The van der Waals surface area contributed by atoms with Gasteiger partial charge in [0.1, 0.15) is 0 Å². The Kier molecular flexibility index (Phi) is 4.31. The zero-order chi connectivity index (χ0) is 19.7. The number of nitrogens with zero attached hydrogens (tertiary/aromatic N) is 2. The zero-order valence-electron chi connectivity index (χ0n) is 17.8. The number of pyridine rings is 1. The predicted molar refractivity (Wildman–Crippen MR) is 107 cm³/mol. The van der Waals surface area contributed by atoms with Crippen molar-refractivity contribution >= 4 is 11.5 Å². The van der Waals surface area contributed by atoms with Crippen LogP contribution in [0.15, 0.2) is 18.3 Å². The summed E-state index contributed by atoms with van der Waals surface area (Å²) in [6, 6.07) is 3.98. The number of ketones is 1. The first-order valence-electron chi connectivity index (χ1n) is 9.79. The van der Waals surface area contributed by atoms with E-state index in [4.69, 9.17) is 4.98 Å². The lowest BCUT2D eigenvalue weighted by atomic mass is 9.67. The molecule has 26 heavy (non-hydrogen) atoms. The fraction of sp³-hybridized carbons (Fsp3) is 0.727.